The third-order valence-corrected chi connectivity index (χ3v) is 7.08. The van der Waals surface area contributed by atoms with Gasteiger partial charge in [0.05, 0.1) is 40.7 Å². The molecule has 2 aliphatic rings. The molecule has 0 spiro atoms. The molecule has 1 amide bonds. The Balaban J connectivity index is 1.38. The van der Waals surface area contributed by atoms with Gasteiger partial charge < -0.3 is 24.3 Å². The minimum Gasteiger partial charge on any atom is -0.441 e. The van der Waals surface area contributed by atoms with Gasteiger partial charge in [-0.15, -0.1) is 11.3 Å². The van der Waals surface area contributed by atoms with Crippen LogP contribution in [0.15, 0.2) is 12.3 Å². The highest BCUT2D eigenvalue weighted by atomic mass is 35.5. The van der Waals surface area contributed by atoms with Crippen molar-refractivity contribution in [1.29, 1.82) is 0 Å². The Morgan fingerprint density at radius 3 is 2.70 bits per heavy atom. The molecule has 8 nitrogen and oxygen atoms in total. The van der Waals surface area contributed by atoms with Crippen molar-refractivity contribution in [1.82, 2.24) is 19.9 Å². The second-order valence-corrected chi connectivity index (χ2v) is 9.13. The van der Waals surface area contributed by atoms with Gasteiger partial charge >= 0.3 is 6.09 Å². The number of hydrogen-bond acceptors (Lipinski definition) is 7. The number of aryl methyl sites for hydroxylation is 2. The summed E-state index contributed by atoms with van der Waals surface area (Å²) in [6, 6.07) is 1.98. The molecule has 3 aromatic heterocycles. The maximum Gasteiger partial charge on any atom is 0.410 e. The number of aromatic amines is 1. The normalized spacial score (nSPS) is 17.4. The topological polar surface area (TPSA) is 83.6 Å². The van der Waals surface area contributed by atoms with E-state index in [1.807, 2.05) is 13.0 Å². The number of aromatic nitrogens is 3. The Morgan fingerprint density at radius 1 is 1.30 bits per heavy atom. The van der Waals surface area contributed by atoms with Crippen LogP contribution in [0.2, 0.25) is 5.02 Å². The molecular formula is C20H22ClN5O3S. The van der Waals surface area contributed by atoms with Crippen LogP contribution in [0.25, 0.3) is 21.7 Å². The monoisotopic (exact) mass is 447 g/mol. The highest BCUT2D eigenvalue weighted by molar-refractivity contribution is 7.15. The summed E-state index contributed by atoms with van der Waals surface area (Å²) in [5.41, 5.74) is 3.56. The van der Waals surface area contributed by atoms with Crippen LogP contribution in [0.4, 0.5) is 10.5 Å². The van der Waals surface area contributed by atoms with Crippen LogP contribution in [0.1, 0.15) is 10.6 Å². The number of anilines is 1. The molecule has 0 atom stereocenters. The van der Waals surface area contributed by atoms with E-state index >= 15 is 0 Å². The lowest BCUT2D eigenvalue weighted by molar-refractivity contribution is -0.104. The van der Waals surface area contributed by atoms with Gasteiger partial charge in [-0.3, -0.25) is 0 Å². The van der Waals surface area contributed by atoms with E-state index < -0.39 is 0 Å². The fraction of sp³-hybridized carbons (Fsp3) is 0.450. The first-order chi connectivity index (χ1) is 14.5. The summed E-state index contributed by atoms with van der Waals surface area (Å²) < 4.78 is 10.5. The second-order valence-electron chi connectivity index (χ2n) is 7.55. The minimum atomic E-state index is -0.265. The molecule has 0 aliphatic carbocycles. The van der Waals surface area contributed by atoms with Gasteiger partial charge in [0, 0.05) is 37.3 Å². The van der Waals surface area contributed by atoms with Gasteiger partial charge in [-0.2, -0.15) is 0 Å². The van der Waals surface area contributed by atoms with Crippen LogP contribution in [0.3, 0.4) is 0 Å². The highest BCUT2D eigenvalue weighted by Crippen LogP contribution is 2.40. The molecule has 0 radical (unpaired) electrons. The maximum absolute atomic E-state index is 12.3. The van der Waals surface area contributed by atoms with Crippen LogP contribution in [0, 0.1) is 13.8 Å². The largest absolute Gasteiger partial charge is 0.441 e. The number of nitrogens with one attached hydrogen (secondary N) is 1. The number of H-pyrrole nitrogens is 1. The van der Waals surface area contributed by atoms with Crippen molar-refractivity contribution in [2.45, 2.75) is 20.0 Å². The molecule has 2 fully saturated rings. The zero-order chi connectivity index (χ0) is 20.8. The Hall–Kier alpha value is -2.36. The number of carbonyl (C=O) groups is 1. The molecule has 5 heterocycles. The Bertz CT molecular complexity index is 1080. The first-order valence-electron chi connectivity index (χ1n) is 9.90. The molecular weight excluding hydrogens is 426 g/mol. The summed E-state index contributed by atoms with van der Waals surface area (Å²) >= 11 is 8.43. The highest BCUT2D eigenvalue weighted by Gasteiger charge is 2.29. The molecule has 0 bridgehead atoms. The molecule has 5 rings (SSSR count). The fourth-order valence-electron chi connectivity index (χ4n) is 3.68. The van der Waals surface area contributed by atoms with Crippen molar-refractivity contribution in [2.24, 2.45) is 0 Å². The molecule has 158 valence electrons. The van der Waals surface area contributed by atoms with Crippen LogP contribution in [-0.2, 0) is 9.47 Å². The van der Waals surface area contributed by atoms with Crippen molar-refractivity contribution >= 4 is 45.8 Å². The lowest BCUT2D eigenvalue weighted by atomic mass is 10.2. The van der Waals surface area contributed by atoms with Crippen molar-refractivity contribution < 1.29 is 14.3 Å². The second kappa shape index (κ2) is 7.72. The van der Waals surface area contributed by atoms with Crippen LogP contribution in [-0.4, -0.2) is 71.4 Å². The molecule has 1 N–H and O–H groups in total. The first kappa shape index (κ1) is 19.6. The van der Waals surface area contributed by atoms with E-state index in [1.165, 1.54) is 4.88 Å². The number of ether oxygens (including phenoxy) is 2. The average Bonchev–Trinajstić information content (AvgIpc) is 3.24. The molecule has 2 saturated heterocycles. The van der Waals surface area contributed by atoms with Gasteiger partial charge in [0.1, 0.15) is 10.7 Å². The SMILES string of the molecule is Cc1nc(-c2[nH]c3nccc(N4CCN(C(=O)OC5COC5)CC4)c3c2Cl)sc1C. The lowest BCUT2D eigenvalue weighted by Gasteiger charge is -2.37. The summed E-state index contributed by atoms with van der Waals surface area (Å²) in [6.07, 6.45) is 1.41. The molecule has 0 saturated carbocycles. The Labute approximate surface area is 182 Å². The van der Waals surface area contributed by atoms with Crippen LogP contribution in [0.5, 0.6) is 0 Å². The van der Waals surface area contributed by atoms with E-state index in [9.17, 15) is 4.79 Å². The van der Waals surface area contributed by atoms with E-state index in [4.69, 9.17) is 21.1 Å². The zero-order valence-electron chi connectivity index (χ0n) is 16.8. The number of carbonyl (C=O) groups excluding carboxylic acids is 1. The Kier molecular flexibility index (Phi) is 5.04. The number of fused-ring (bicyclic) bond motifs is 1. The zero-order valence-corrected chi connectivity index (χ0v) is 18.3. The third-order valence-electron chi connectivity index (χ3n) is 5.61. The van der Waals surface area contributed by atoms with Crippen molar-refractivity contribution in [3.63, 3.8) is 0 Å². The number of nitrogens with zero attached hydrogens (tertiary/aromatic N) is 4. The number of amides is 1. The summed E-state index contributed by atoms with van der Waals surface area (Å²) in [4.78, 5) is 29.9. The van der Waals surface area contributed by atoms with E-state index in [-0.39, 0.29) is 12.2 Å². The lowest BCUT2D eigenvalue weighted by Crippen LogP contribution is -2.51. The maximum atomic E-state index is 12.3. The quantitative estimate of drug-likeness (QED) is 0.660. The molecule has 2 aliphatic heterocycles. The number of pyridine rings is 1. The van der Waals surface area contributed by atoms with Crippen molar-refractivity contribution in [3.05, 3.63) is 27.9 Å². The van der Waals surface area contributed by atoms with Gasteiger partial charge in [0.25, 0.3) is 0 Å². The van der Waals surface area contributed by atoms with Crippen molar-refractivity contribution in [3.8, 4) is 10.7 Å². The average molecular weight is 448 g/mol. The predicted molar refractivity (Wildman–Crippen MR) is 117 cm³/mol. The summed E-state index contributed by atoms with van der Waals surface area (Å²) in [5, 5.41) is 2.39. The number of thiazole rings is 1. The van der Waals surface area contributed by atoms with Gasteiger partial charge in [-0.25, -0.2) is 14.8 Å². The van der Waals surface area contributed by atoms with Gasteiger partial charge in [0.2, 0.25) is 0 Å². The predicted octanol–water partition coefficient (Wildman–Crippen LogP) is 3.61. The molecule has 3 aromatic rings. The first-order valence-corrected chi connectivity index (χ1v) is 11.1. The van der Waals surface area contributed by atoms with Gasteiger partial charge in [-0.1, -0.05) is 11.6 Å². The number of halogens is 1. The number of hydrogen-bond donors (Lipinski definition) is 1. The molecule has 0 aromatic carbocycles. The number of rotatable bonds is 3. The summed E-state index contributed by atoms with van der Waals surface area (Å²) in [7, 11) is 0. The van der Waals surface area contributed by atoms with Crippen molar-refractivity contribution in [2.75, 3.05) is 44.3 Å². The Morgan fingerprint density at radius 2 is 2.07 bits per heavy atom. The van der Waals surface area contributed by atoms with E-state index in [1.54, 1.807) is 22.4 Å². The third kappa shape index (κ3) is 3.40. The summed E-state index contributed by atoms with van der Waals surface area (Å²) in [5.74, 6) is 0. The molecule has 30 heavy (non-hydrogen) atoms. The smallest absolute Gasteiger partial charge is 0.410 e. The van der Waals surface area contributed by atoms with Crippen LogP contribution >= 0.6 is 22.9 Å². The fourth-order valence-corrected chi connectivity index (χ4v) is 4.98. The van der Waals surface area contributed by atoms with E-state index in [2.05, 4.69) is 26.8 Å². The summed E-state index contributed by atoms with van der Waals surface area (Å²) in [6.45, 7) is 7.62. The molecule has 10 heteroatoms. The minimum absolute atomic E-state index is 0.106. The van der Waals surface area contributed by atoms with Crippen LogP contribution < -0.4 is 4.90 Å². The van der Waals surface area contributed by atoms with Gasteiger partial charge in [0.15, 0.2) is 6.10 Å². The van der Waals surface area contributed by atoms with E-state index in [0.29, 0.717) is 44.4 Å². The molecule has 0 unspecified atom stereocenters. The number of piperazine rings is 1. The van der Waals surface area contributed by atoms with Gasteiger partial charge in [-0.05, 0) is 19.9 Å². The standard InChI is InChI=1S/C20H22ClN5O3S/c1-11-12(2)30-19(23-11)17-16(21)15-14(3-4-22-18(15)24-17)25-5-7-26(8-6-25)20(27)29-13-9-28-10-13/h3-4,13H,5-10H2,1-2H3,(H,22,24). The van der Waals surface area contributed by atoms with E-state index in [0.717, 1.165) is 33.1 Å².